The van der Waals surface area contributed by atoms with Crippen LogP contribution in [0.3, 0.4) is 0 Å². The Morgan fingerprint density at radius 1 is 1.32 bits per heavy atom. The lowest BCUT2D eigenvalue weighted by atomic mass is 9.95. The predicted molar refractivity (Wildman–Crippen MR) is 73.7 cm³/mol. The van der Waals surface area contributed by atoms with Crippen molar-refractivity contribution in [2.75, 3.05) is 20.2 Å². The van der Waals surface area contributed by atoms with Gasteiger partial charge in [-0.15, -0.1) is 0 Å². The first kappa shape index (κ1) is 16.0. The number of hydrogen-bond acceptors (Lipinski definition) is 4. The van der Waals surface area contributed by atoms with E-state index in [1.54, 1.807) is 18.9 Å². The van der Waals surface area contributed by atoms with Crippen LogP contribution in [0, 0.1) is 0 Å². The predicted octanol–water partition coefficient (Wildman–Crippen LogP) is 1.32. The van der Waals surface area contributed by atoms with Crippen molar-refractivity contribution in [2.24, 2.45) is 0 Å². The van der Waals surface area contributed by atoms with Gasteiger partial charge in [-0.05, 0) is 33.7 Å². The molecule has 1 aliphatic carbocycles. The minimum absolute atomic E-state index is 0.00121. The maximum Gasteiger partial charge on any atom is 0.320 e. The number of nitrogens with one attached hydrogen (secondary N) is 1. The van der Waals surface area contributed by atoms with Gasteiger partial charge in [0.15, 0.2) is 0 Å². The molecule has 1 saturated carbocycles. The summed E-state index contributed by atoms with van der Waals surface area (Å²) >= 11 is 0. The number of hydrogen-bond donors (Lipinski definition) is 1. The Labute approximate surface area is 115 Å². The Morgan fingerprint density at radius 2 is 1.95 bits per heavy atom. The summed E-state index contributed by atoms with van der Waals surface area (Å²) in [7, 11) is 1.77. The molecule has 0 saturated heterocycles. The van der Waals surface area contributed by atoms with Crippen molar-refractivity contribution in [3.63, 3.8) is 0 Å². The van der Waals surface area contributed by atoms with Crippen LogP contribution in [0.1, 0.15) is 46.0 Å². The first-order chi connectivity index (χ1) is 9.04. The molecule has 0 spiro atoms. The Bertz CT molecular complexity index is 301. The molecule has 19 heavy (non-hydrogen) atoms. The molecule has 1 amide bonds. The van der Waals surface area contributed by atoms with Crippen LogP contribution in [-0.2, 0) is 14.3 Å². The zero-order valence-corrected chi connectivity index (χ0v) is 12.3. The van der Waals surface area contributed by atoms with Crippen LogP contribution < -0.4 is 5.32 Å². The third-order valence-electron chi connectivity index (χ3n) is 3.68. The smallest absolute Gasteiger partial charge is 0.320 e. The van der Waals surface area contributed by atoms with Crippen LogP contribution in [0.2, 0.25) is 0 Å². The molecular weight excluding hydrogens is 244 g/mol. The van der Waals surface area contributed by atoms with Crippen molar-refractivity contribution < 1.29 is 14.3 Å². The molecule has 0 bridgehead atoms. The second-order valence-corrected chi connectivity index (χ2v) is 5.24. The highest BCUT2D eigenvalue weighted by Gasteiger charge is 2.23. The quantitative estimate of drug-likeness (QED) is 0.740. The number of carbonyl (C=O) groups is 2. The fraction of sp³-hybridized carbons (Fsp3) is 0.857. The molecule has 1 rings (SSSR count). The van der Waals surface area contributed by atoms with E-state index in [1.807, 2.05) is 6.92 Å². The summed E-state index contributed by atoms with van der Waals surface area (Å²) < 4.78 is 4.88. The molecule has 5 nitrogen and oxygen atoms in total. The largest absolute Gasteiger partial charge is 0.465 e. The molecular formula is C14H26N2O3. The summed E-state index contributed by atoms with van der Waals surface area (Å²) in [6.07, 6.45) is 5.79. The molecule has 1 fully saturated rings. The fourth-order valence-corrected chi connectivity index (χ4v) is 2.32. The van der Waals surface area contributed by atoms with Gasteiger partial charge in [-0.3, -0.25) is 14.5 Å². The first-order valence-corrected chi connectivity index (χ1v) is 7.20. The Kier molecular flexibility index (Phi) is 6.84. The summed E-state index contributed by atoms with van der Waals surface area (Å²) in [4.78, 5) is 25.2. The van der Waals surface area contributed by atoms with Crippen LogP contribution >= 0.6 is 0 Å². The van der Waals surface area contributed by atoms with E-state index in [-0.39, 0.29) is 24.5 Å². The molecule has 0 radical (unpaired) electrons. The van der Waals surface area contributed by atoms with E-state index in [2.05, 4.69) is 5.32 Å². The van der Waals surface area contributed by atoms with Crippen LogP contribution in [0.25, 0.3) is 0 Å². The van der Waals surface area contributed by atoms with Crippen LogP contribution in [0.5, 0.6) is 0 Å². The third kappa shape index (κ3) is 5.59. The van der Waals surface area contributed by atoms with Gasteiger partial charge in [-0.2, -0.15) is 0 Å². The molecule has 1 aliphatic rings. The summed E-state index contributed by atoms with van der Waals surface area (Å²) in [6, 6.07) is -0.00831. The van der Waals surface area contributed by atoms with Gasteiger partial charge in [0.2, 0.25) is 5.91 Å². The minimum atomic E-state index is -0.314. The Balaban J connectivity index is 2.35. The molecule has 0 aromatic carbocycles. The van der Waals surface area contributed by atoms with Gasteiger partial charge in [-0.25, -0.2) is 0 Å². The summed E-state index contributed by atoms with van der Waals surface area (Å²) in [6.45, 7) is 4.11. The number of esters is 1. The zero-order valence-electron chi connectivity index (χ0n) is 12.3. The highest BCUT2D eigenvalue weighted by Crippen LogP contribution is 2.17. The van der Waals surface area contributed by atoms with E-state index in [4.69, 9.17) is 4.74 Å². The lowest BCUT2D eigenvalue weighted by Crippen LogP contribution is -2.48. The highest BCUT2D eigenvalue weighted by atomic mass is 16.5. The minimum Gasteiger partial charge on any atom is -0.465 e. The fourth-order valence-electron chi connectivity index (χ4n) is 2.32. The highest BCUT2D eigenvalue weighted by molar-refractivity contribution is 5.82. The monoisotopic (exact) mass is 270 g/mol. The topological polar surface area (TPSA) is 58.6 Å². The second kappa shape index (κ2) is 8.15. The average Bonchev–Trinajstić information content (AvgIpc) is 2.39. The van der Waals surface area contributed by atoms with Crippen molar-refractivity contribution >= 4 is 11.9 Å². The van der Waals surface area contributed by atoms with Crippen molar-refractivity contribution in [3.05, 3.63) is 0 Å². The van der Waals surface area contributed by atoms with E-state index in [1.165, 1.54) is 19.3 Å². The van der Waals surface area contributed by atoms with Crippen LogP contribution in [-0.4, -0.2) is 49.1 Å². The first-order valence-electron chi connectivity index (χ1n) is 7.20. The molecule has 0 aromatic heterocycles. The second-order valence-electron chi connectivity index (χ2n) is 5.24. The molecule has 1 N–H and O–H groups in total. The number of ether oxygens (including phenoxy) is 1. The molecule has 5 heteroatoms. The van der Waals surface area contributed by atoms with Gasteiger partial charge in [0, 0.05) is 6.04 Å². The molecule has 0 aromatic rings. The average molecular weight is 270 g/mol. The van der Waals surface area contributed by atoms with Gasteiger partial charge in [0.25, 0.3) is 0 Å². The maximum atomic E-state index is 12.1. The molecule has 110 valence electrons. The van der Waals surface area contributed by atoms with Gasteiger partial charge >= 0.3 is 5.97 Å². The Morgan fingerprint density at radius 3 is 2.53 bits per heavy atom. The molecule has 1 atom stereocenters. The lowest BCUT2D eigenvalue weighted by molar-refractivity contribution is -0.145. The molecule has 1 unspecified atom stereocenters. The third-order valence-corrected chi connectivity index (χ3v) is 3.68. The summed E-state index contributed by atoms with van der Waals surface area (Å²) in [5.74, 6) is -0.291. The summed E-state index contributed by atoms with van der Waals surface area (Å²) in [5.41, 5.74) is 0. The number of likely N-dealkylation sites (N-methyl/N-ethyl adjacent to an activating group) is 1. The van der Waals surface area contributed by atoms with Crippen LogP contribution in [0.15, 0.2) is 0 Å². The van der Waals surface area contributed by atoms with E-state index in [0.29, 0.717) is 12.6 Å². The van der Waals surface area contributed by atoms with E-state index >= 15 is 0 Å². The number of rotatable bonds is 6. The zero-order chi connectivity index (χ0) is 14.3. The maximum absolute atomic E-state index is 12.1. The van der Waals surface area contributed by atoms with Gasteiger partial charge in [0.05, 0.1) is 19.2 Å². The lowest BCUT2D eigenvalue weighted by Gasteiger charge is -2.27. The van der Waals surface area contributed by atoms with Crippen molar-refractivity contribution in [2.45, 2.75) is 58.0 Å². The van der Waals surface area contributed by atoms with Gasteiger partial charge in [0.1, 0.15) is 0 Å². The number of amides is 1. The SMILES string of the molecule is CCOC(=O)CN(C)C(C)C(=O)NC1CCCCC1. The molecule has 0 heterocycles. The van der Waals surface area contributed by atoms with Crippen molar-refractivity contribution in [1.82, 2.24) is 10.2 Å². The van der Waals surface area contributed by atoms with Crippen molar-refractivity contribution in [1.29, 1.82) is 0 Å². The van der Waals surface area contributed by atoms with E-state index in [9.17, 15) is 9.59 Å². The van der Waals surface area contributed by atoms with Gasteiger partial charge in [-0.1, -0.05) is 19.3 Å². The Hall–Kier alpha value is -1.10. The summed E-state index contributed by atoms with van der Waals surface area (Å²) in [5, 5.41) is 3.07. The normalized spacial score (nSPS) is 18.1. The number of carbonyl (C=O) groups excluding carboxylic acids is 2. The molecule has 0 aliphatic heterocycles. The van der Waals surface area contributed by atoms with Crippen molar-refractivity contribution in [3.8, 4) is 0 Å². The standard InChI is InChI=1S/C14H26N2O3/c1-4-19-13(17)10-16(3)11(2)14(18)15-12-8-6-5-7-9-12/h11-12H,4-10H2,1-3H3,(H,15,18). The van der Waals surface area contributed by atoms with Gasteiger partial charge < -0.3 is 10.1 Å². The van der Waals surface area contributed by atoms with E-state index < -0.39 is 0 Å². The van der Waals surface area contributed by atoms with Crippen LogP contribution in [0.4, 0.5) is 0 Å². The van der Waals surface area contributed by atoms with E-state index in [0.717, 1.165) is 12.8 Å². The number of nitrogens with zero attached hydrogens (tertiary/aromatic N) is 1.